The first-order chi connectivity index (χ1) is 8.66. The fourth-order valence-electron chi connectivity index (χ4n) is 1.91. The van der Waals surface area contributed by atoms with Crippen LogP contribution in [0.2, 0.25) is 0 Å². The molecule has 3 heteroatoms. The summed E-state index contributed by atoms with van der Waals surface area (Å²) in [5, 5.41) is 0. The highest BCUT2D eigenvalue weighted by Crippen LogP contribution is 2.18. The topological polar surface area (TPSA) is 26.0 Å². The van der Waals surface area contributed by atoms with Crippen LogP contribution in [0.15, 0.2) is 48.5 Å². The predicted molar refractivity (Wildman–Crippen MR) is 68.0 cm³/mol. The van der Waals surface area contributed by atoms with Crippen molar-refractivity contribution in [2.45, 2.75) is 18.9 Å². The lowest BCUT2D eigenvalue weighted by atomic mass is 9.99. The van der Waals surface area contributed by atoms with Crippen LogP contribution in [-0.2, 0) is 6.42 Å². The number of rotatable bonds is 4. The average Bonchev–Trinajstić information content (AvgIpc) is 2.40. The SMILES string of the molecule is NC(CCc1cc(F)ccc1F)c1ccccc1. The number of hydrogen-bond acceptors (Lipinski definition) is 1. The van der Waals surface area contributed by atoms with E-state index in [0.29, 0.717) is 18.4 Å². The Morgan fingerprint density at radius 1 is 1.00 bits per heavy atom. The van der Waals surface area contributed by atoms with Gasteiger partial charge in [-0.15, -0.1) is 0 Å². The van der Waals surface area contributed by atoms with E-state index in [2.05, 4.69) is 0 Å². The number of nitrogens with two attached hydrogens (primary N) is 1. The lowest BCUT2D eigenvalue weighted by molar-refractivity contribution is 0.569. The molecule has 1 nitrogen and oxygen atoms in total. The molecule has 0 aromatic heterocycles. The van der Waals surface area contributed by atoms with E-state index in [4.69, 9.17) is 5.73 Å². The molecule has 0 heterocycles. The third-order valence-corrected chi connectivity index (χ3v) is 2.96. The molecular weight excluding hydrogens is 232 g/mol. The Kier molecular flexibility index (Phi) is 4.05. The van der Waals surface area contributed by atoms with Crippen LogP contribution in [0.3, 0.4) is 0 Å². The van der Waals surface area contributed by atoms with E-state index >= 15 is 0 Å². The van der Waals surface area contributed by atoms with E-state index in [1.54, 1.807) is 0 Å². The fraction of sp³-hybridized carbons (Fsp3) is 0.200. The zero-order valence-corrected chi connectivity index (χ0v) is 9.94. The Bertz CT molecular complexity index is 511. The van der Waals surface area contributed by atoms with Gasteiger partial charge in [-0.3, -0.25) is 0 Å². The summed E-state index contributed by atoms with van der Waals surface area (Å²) in [5.41, 5.74) is 7.40. The molecule has 18 heavy (non-hydrogen) atoms. The molecule has 0 spiro atoms. The fourth-order valence-corrected chi connectivity index (χ4v) is 1.91. The molecule has 2 N–H and O–H groups in total. The molecular formula is C15H15F2N. The minimum absolute atomic E-state index is 0.158. The molecule has 0 saturated heterocycles. The van der Waals surface area contributed by atoms with Gasteiger partial charge in [0.15, 0.2) is 0 Å². The van der Waals surface area contributed by atoms with E-state index in [-0.39, 0.29) is 11.9 Å². The Morgan fingerprint density at radius 3 is 2.44 bits per heavy atom. The molecule has 0 aliphatic rings. The highest BCUT2D eigenvalue weighted by molar-refractivity contribution is 5.21. The van der Waals surface area contributed by atoms with Crippen LogP contribution in [0, 0.1) is 11.6 Å². The molecule has 1 unspecified atom stereocenters. The first-order valence-corrected chi connectivity index (χ1v) is 5.91. The number of hydrogen-bond donors (Lipinski definition) is 1. The molecule has 2 aromatic carbocycles. The summed E-state index contributed by atoms with van der Waals surface area (Å²) in [4.78, 5) is 0. The van der Waals surface area contributed by atoms with Gasteiger partial charge in [0, 0.05) is 6.04 Å². The van der Waals surface area contributed by atoms with Gasteiger partial charge in [0.05, 0.1) is 0 Å². The van der Waals surface area contributed by atoms with Gasteiger partial charge < -0.3 is 5.73 Å². The maximum atomic E-state index is 13.4. The second kappa shape index (κ2) is 5.74. The Labute approximate surface area is 105 Å². The summed E-state index contributed by atoms with van der Waals surface area (Å²) in [6, 6.07) is 13.0. The summed E-state index contributed by atoms with van der Waals surface area (Å²) in [6.45, 7) is 0. The molecule has 0 aliphatic carbocycles. The van der Waals surface area contributed by atoms with Gasteiger partial charge in [0.1, 0.15) is 11.6 Å². The van der Waals surface area contributed by atoms with Gasteiger partial charge in [-0.1, -0.05) is 30.3 Å². The van der Waals surface area contributed by atoms with Crippen molar-refractivity contribution < 1.29 is 8.78 Å². The monoisotopic (exact) mass is 247 g/mol. The first-order valence-electron chi connectivity index (χ1n) is 5.91. The lowest BCUT2D eigenvalue weighted by Gasteiger charge is -2.12. The molecule has 2 rings (SSSR count). The van der Waals surface area contributed by atoms with Crippen LogP contribution in [0.5, 0.6) is 0 Å². The Morgan fingerprint density at radius 2 is 1.72 bits per heavy atom. The van der Waals surface area contributed by atoms with E-state index < -0.39 is 5.82 Å². The van der Waals surface area contributed by atoms with Gasteiger partial charge in [0.25, 0.3) is 0 Å². The molecule has 1 atom stereocenters. The summed E-state index contributed by atoms with van der Waals surface area (Å²) in [7, 11) is 0. The smallest absolute Gasteiger partial charge is 0.126 e. The third-order valence-electron chi connectivity index (χ3n) is 2.96. The second-order valence-electron chi connectivity index (χ2n) is 4.29. The van der Waals surface area contributed by atoms with Crippen LogP contribution in [0.1, 0.15) is 23.6 Å². The quantitative estimate of drug-likeness (QED) is 0.877. The van der Waals surface area contributed by atoms with E-state index in [1.807, 2.05) is 30.3 Å². The maximum Gasteiger partial charge on any atom is 0.126 e. The lowest BCUT2D eigenvalue weighted by Crippen LogP contribution is -2.11. The van der Waals surface area contributed by atoms with Crippen molar-refractivity contribution in [2.75, 3.05) is 0 Å². The standard InChI is InChI=1S/C15H15F2N/c16-13-7-8-14(17)12(10-13)6-9-15(18)11-4-2-1-3-5-11/h1-5,7-8,10,15H,6,9,18H2. The van der Waals surface area contributed by atoms with Crippen LogP contribution in [0.4, 0.5) is 8.78 Å². The molecule has 0 radical (unpaired) electrons. The second-order valence-corrected chi connectivity index (χ2v) is 4.29. The number of halogens is 2. The minimum atomic E-state index is -0.417. The molecule has 0 fully saturated rings. The highest BCUT2D eigenvalue weighted by Gasteiger charge is 2.09. The third kappa shape index (κ3) is 3.14. The molecule has 0 bridgehead atoms. The van der Waals surface area contributed by atoms with E-state index in [0.717, 1.165) is 17.7 Å². The molecule has 0 amide bonds. The van der Waals surface area contributed by atoms with E-state index in [1.165, 1.54) is 6.07 Å². The van der Waals surface area contributed by atoms with Crippen molar-refractivity contribution in [3.63, 3.8) is 0 Å². The van der Waals surface area contributed by atoms with Crippen LogP contribution >= 0.6 is 0 Å². The Hall–Kier alpha value is -1.74. The summed E-state index contributed by atoms with van der Waals surface area (Å²) < 4.78 is 26.4. The summed E-state index contributed by atoms with van der Waals surface area (Å²) in [6.07, 6.45) is 1.02. The molecule has 0 aliphatic heterocycles. The van der Waals surface area contributed by atoms with Crippen molar-refractivity contribution in [3.05, 3.63) is 71.3 Å². The first kappa shape index (κ1) is 12.7. The van der Waals surface area contributed by atoms with Crippen molar-refractivity contribution in [1.29, 1.82) is 0 Å². The van der Waals surface area contributed by atoms with Crippen molar-refractivity contribution in [3.8, 4) is 0 Å². The normalized spacial score (nSPS) is 12.4. The van der Waals surface area contributed by atoms with Gasteiger partial charge in [-0.25, -0.2) is 8.78 Å². The van der Waals surface area contributed by atoms with Gasteiger partial charge in [-0.2, -0.15) is 0 Å². The van der Waals surface area contributed by atoms with Gasteiger partial charge in [0.2, 0.25) is 0 Å². The van der Waals surface area contributed by atoms with Gasteiger partial charge >= 0.3 is 0 Å². The predicted octanol–water partition coefficient (Wildman–Crippen LogP) is 3.60. The summed E-state index contributed by atoms with van der Waals surface area (Å²) >= 11 is 0. The van der Waals surface area contributed by atoms with Gasteiger partial charge in [-0.05, 0) is 42.2 Å². The largest absolute Gasteiger partial charge is 0.324 e. The average molecular weight is 247 g/mol. The Balaban J connectivity index is 2.01. The number of benzene rings is 2. The van der Waals surface area contributed by atoms with E-state index in [9.17, 15) is 8.78 Å². The molecule has 0 saturated carbocycles. The van der Waals surface area contributed by atoms with Crippen molar-refractivity contribution in [2.24, 2.45) is 5.73 Å². The van der Waals surface area contributed by atoms with Crippen LogP contribution in [-0.4, -0.2) is 0 Å². The zero-order chi connectivity index (χ0) is 13.0. The zero-order valence-electron chi connectivity index (χ0n) is 9.94. The molecule has 2 aromatic rings. The summed E-state index contributed by atoms with van der Waals surface area (Å²) in [5.74, 6) is -0.795. The van der Waals surface area contributed by atoms with Crippen molar-refractivity contribution >= 4 is 0 Å². The minimum Gasteiger partial charge on any atom is -0.324 e. The highest BCUT2D eigenvalue weighted by atomic mass is 19.1. The molecule has 94 valence electrons. The van der Waals surface area contributed by atoms with Crippen LogP contribution < -0.4 is 5.73 Å². The maximum absolute atomic E-state index is 13.4. The number of aryl methyl sites for hydroxylation is 1. The van der Waals surface area contributed by atoms with Crippen molar-refractivity contribution in [1.82, 2.24) is 0 Å². The van der Waals surface area contributed by atoms with Crippen LogP contribution in [0.25, 0.3) is 0 Å².